The average Bonchev–Trinajstić information content (AvgIpc) is 3.39. The summed E-state index contributed by atoms with van der Waals surface area (Å²) in [5.41, 5.74) is 17.7. The van der Waals surface area contributed by atoms with Crippen LogP contribution in [-0.4, -0.2) is 0 Å². The number of hydrogen-bond donors (Lipinski definition) is 0. The van der Waals surface area contributed by atoms with Crippen molar-refractivity contribution in [2.75, 3.05) is 0 Å². The van der Waals surface area contributed by atoms with Crippen molar-refractivity contribution in [2.45, 2.75) is 5.41 Å². The summed E-state index contributed by atoms with van der Waals surface area (Å²) >= 11 is 0. The van der Waals surface area contributed by atoms with Gasteiger partial charge in [-0.2, -0.15) is 0 Å². The van der Waals surface area contributed by atoms with Crippen LogP contribution in [-0.2, 0) is 5.41 Å². The van der Waals surface area contributed by atoms with Crippen molar-refractivity contribution in [3.63, 3.8) is 0 Å². The molecule has 0 unspecified atom stereocenters. The molecule has 0 aliphatic heterocycles. The Morgan fingerprint density at radius 3 is 1.16 bits per heavy atom. The first-order valence-electron chi connectivity index (χ1n) is 15.0. The van der Waals surface area contributed by atoms with E-state index < -0.39 is 5.41 Å². The van der Waals surface area contributed by atoms with Gasteiger partial charge in [-0.15, -0.1) is 0 Å². The van der Waals surface area contributed by atoms with Gasteiger partial charge in [-0.1, -0.05) is 170 Å². The van der Waals surface area contributed by atoms with E-state index in [0.717, 1.165) is 0 Å². The van der Waals surface area contributed by atoms with Gasteiger partial charge in [-0.25, -0.2) is 0 Å². The minimum atomic E-state index is -0.432. The van der Waals surface area contributed by atoms with Gasteiger partial charge in [-0.05, 0) is 77.9 Å². The molecule has 2 aliphatic carbocycles. The quantitative estimate of drug-likeness (QED) is 0.203. The zero-order valence-electron chi connectivity index (χ0n) is 23.7. The molecule has 0 spiro atoms. The molecule has 9 rings (SSSR count). The Hall–Kier alpha value is -5.46. The molecule has 7 aromatic rings. The molecule has 7 aromatic carbocycles. The van der Waals surface area contributed by atoms with E-state index >= 15 is 0 Å². The van der Waals surface area contributed by atoms with Crippen LogP contribution in [0.5, 0.6) is 0 Å². The van der Waals surface area contributed by atoms with E-state index in [0.29, 0.717) is 0 Å². The first-order chi connectivity index (χ1) is 21.4. The molecule has 200 valence electrons. The van der Waals surface area contributed by atoms with Crippen LogP contribution in [0.2, 0.25) is 0 Å². The van der Waals surface area contributed by atoms with Gasteiger partial charge in [0.2, 0.25) is 0 Å². The van der Waals surface area contributed by atoms with Crippen molar-refractivity contribution in [1.29, 1.82) is 0 Å². The average molecular weight is 545 g/mol. The molecule has 0 radical (unpaired) electrons. The van der Waals surface area contributed by atoms with Crippen molar-refractivity contribution in [3.8, 4) is 55.6 Å². The highest BCUT2D eigenvalue weighted by atomic mass is 14.5. The Morgan fingerprint density at radius 2 is 0.628 bits per heavy atom. The lowest BCUT2D eigenvalue weighted by Gasteiger charge is -2.34. The summed E-state index contributed by atoms with van der Waals surface area (Å²) in [5.74, 6) is 0. The monoisotopic (exact) mass is 544 g/mol. The van der Waals surface area contributed by atoms with E-state index in [1.165, 1.54) is 77.9 Å². The van der Waals surface area contributed by atoms with E-state index in [1.54, 1.807) is 0 Å². The number of fused-ring (bicyclic) bond motifs is 12. The summed E-state index contributed by atoms with van der Waals surface area (Å²) in [6.45, 7) is 0. The first kappa shape index (κ1) is 24.2. The molecule has 0 saturated carbocycles. The maximum Gasteiger partial charge on any atom is 0.0713 e. The van der Waals surface area contributed by atoms with E-state index in [2.05, 4.69) is 170 Å². The summed E-state index contributed by atoms with van der Waals surface area (Å²) in [6, 6.07) is 62.9. The summed E-state index contributed by atoms with van der Waals surface area (Å²) in [4.78, 5) is 0. The fraction of sp³-hybridized carbons (Fsp3) is 0.0233. The highest BCUT2D eigenvalue weighted by Gasteiger charge is 2.47. The molecule has 0 amide bonds. The first-order valence-corrected chi connectivity index (χ1v) is 15.0. The molecular formula is C43H28. The normalized spacial score (nSPS) is 13.3. The molecule has 0 heteroatoms. The lowest BCUT2D eigenvalue weighted by molar-refractivity contribution is 0.768. The van der Waals surface area contributed by atoms with E-state index in [-0.39, 0.29) is 0 Å². The third-order valence-electron chi connectivity index (χ3n) is 9.54. The van der Waals surface area contributed by atoms with Crippen LogP contribution in [0.15, 0.2) is 170 Å². The van der Waals surface area contributed by atoms with Crippen LogP contribution in [0.1, 0.15) is 22.3 Å². The van der Waals surface area contributed by atoms with Crippen LogP contribution in [0.25, 0.3) is 55.6 Å². The lowest BCUT2D eigenvalue weighted by Crippen LogP contribution is -2.28. The Kier molecular flexibility index (Phi) is 5.21. The molecule has 0 aromatic heterocycles. The SMILES string of the molecule is c1ccc(C2(c3ccccc3)c3ccccc3-c3c2ccc2c3-c3ccccc3-c3ccccc3-c3ccccc3-2)cc1. The molecule has 0 N–H and O–H groups in total. The standard InChI is InChI=1S/C43H28/c1-3-15-29(16-4-1)43(30-17-5-2-6-18-30)39-26-14-13-25-38(39)42-40(43)28-27-37-35-23-10-9-21-33(35)31-19-7-8-20-32(31)34-22-11-12-24-36(34)41(37)42/h1-28H. The second kappa shape index (κ2) is 9.28. The zero-order valence-corrected chi connectivity index (χ0v) is 23.7. The van der Waals surface area contributed by atoms with Crippen molar-refractivity contribution in [2.24, 2.45) is 0 Å². The second-order valence-corrected chi connectivity index (χ2v) is 11.6. The van der Waals surface area contributed by atoms with Crippen LogP contribution < -0.4 is 0 Å². The largest absolute Gasteiger partial charge is 0.0713 e. The van der Waals surface area contributed by atoms with Crippen LogP contribution in [0.4, 0.5) is 0 Å². The van der Waals surface area contributed by atoms with Crippen molar-refractivity contribution in [1.82, 2.24) is 0 Å². The molecular weight excluding hydrogens is 516 g/mol. The third-order valence-corrected chi connectivity index (χ3v) is 9.54. The van der Waals surface area contributed by atoms with Crippen molar-refractivity contribution < 1.29 is 0 Å². The van der Waals surface area contributed by atoms with Gasteiger partial charge in [0, 0.05) is 0 Å². The Balaban J connectivity index is 1.50. The summed E-state index contributed by atoms with van der Waals surface area (Å²) in [6.07, 6.45) is 0. The van der Waals surface area contributed by atoms with Gasteiger partial charge in [0.1, 0.15) is 0 Å². The number of benzene rings is 7. The second-order valence-electron chi connectivity index (χ2n) is 11.6. The highest BCUT2D eigenvalue weighted by Crippen LogP contribution is 2.61. The molecule has 0 saturated heterocycles. The fourth-order valence-electron chi connectivity index (χ4n) is 7.88. The van der Waals surface area contributed by atoms with E-state index in [1.807, 2.05) is 0 Å². The molecule has 0 heterocycles. The van der Waals surface area contributed by atoms with Crippen molar-refractivity contribution >= 4 is 0 Å². The van der Waals surface area contributed by atoms with Gasteiger partial charge in [0.15, 0.2) is 0 Å². The fourth-order valence-corrected chi connectivity index (χ4v) is 7.88. The van der Waals surface area contributed by atoms with Gasteiger partial charge >= 0.3 is 0 Å². The predicted octanol–water partition coefficient (Wildman–Crippen LogP) is 11.0. The van der Waals surface area contributed by atoms with Gasteiger partial charge in [0.25, 0.3) is 0 Å². The van der Waals surface area contributed by atoms with Crippen LogP contribution in [0.3, 0.4) is 0 Å². The molecule has 0 bridgehead atoms. The number of rotatable bonds is 2. The summed E-state index contributed by atoms with van der Waals surface area (Å²) in [7, 11) is 0. The Morgan fingerprint density at radius 1 is 0.233 bits per heavy atom. The minimum absolute atomic E-state index is 0.432. The molecule has 2 aliphatic rings. The smallest absolute Gasteiger partial charge is 0.0622 e. The molecule has 0 nitrogen and oxygen atoms in total. The van der Waals surface area contributed by atoms with Gasteiger partial charge in [0.05, 0.1) is 5.41 Å². The Labute approximate surface area is 252 Å². The Bertz CT molecular complexity index is 2120. The van der Waals surface area contributed by atoms with E-state index in [4.69, 9.17) is 0 Å². The van der Waals surface area contributed by atoms with Crippen molar-refractivity contribution in [3.05, 3.63) is 192 Å². The summed E-state index contributed by atoms with van der Waals surface area (Å²) in [5, 5.41) is 0. The predicted molar refractivity (Wildman–Crippen MR) is 179 cm³/mol. The van der Waals surface area contributed by atoms with Crippen LogP contribution in [0, 0.1) is 0 Å². The highest BCUT2D eigenvalue weighted by molar-refractivity contribution is 6.09. The maximum atomic E-state index is 2.42. The topological polar surface area (TPSA) is 0 Å². The number of hydrogen-bond acceptors (Lipinski definition) is 0. The van der Waals surface area contributed by atoms with Crippen LogP contribution >= 0.6 is 0 Å². The molecule has 43 heavy (non-hydrogen) atoms. The summed E-state index contributed by atoms with van der Waals surface area (Å²) < 4.78 is 0. The lowest BCUT2D eigenvalue weighted by atomic mass is 9.67. The van der Waals surface area contributed by atoms with Gasteiger partial charge < -0.3 is 0 Å². The zero-order chi connectivity index (χ0) is 28.4. The third kappa shape index (κ3) is 3.27. The minimum Gasteiger partial charge on any atom is -0.0622 e. The van der Waals surface area contributed by atoms with E-state index in [9.17, 15) is 0 Å². The molecule has 0 fully saturated rings. The maximum absolute atomic E-state index is 2.42. The van der Waals surface area contributed by atoms with Gasteiger partial charge in [-0.3, -0.25) is 0 Å². The molecule has 0 atom stereocenters.